The van der Waals surface area contributed by atoms with Gasteiger partial charge in [-0.2, -0.15) is 5.10 Å². The number of imidazole rings is 1. The van der Waals surface area contributed by atoms with Crippen molar-refractivity contribution in [2.75, 3.05) is 19.6 Å². The van der Waals surface area contributed by atoms with Crippen LogP contribution in [-0.2, 0) is 4.74 Å². The lowest BCUT2D eigenvalue weighted by atomic mass is 9.98. The van der Waals surface area contributed by atoms with Crippen molar-refractivity contribution in [1.29, 1.82) is 0 Å². The summed E-state index contributed by atoms with van der Waals surface area (Å²) in [6.07, 6.45) is 1.38. The van der Waals surface area contributed by atoms with Crippen LogP contribution in [0.25, 0.3) is 5.65 Å². The molecule has 1 fully saturated rings. The smallest absolute Gasteiger partial charge is 0.410 e. The Morgan fingerprint density at radius 1 is 1.09 bits per heavy atom. The topological polar surface area (TPSA) is 80.0 Å². The predicted octanol–water partition coefficient (Wildman–Crippen LogP) is 4.45. The highest BCUT2D eigenvalue weighted by atomic mass is 16.6. The third-order valence-corrected chi connectivity index (χ3v) is 5.70. The van der Waals surface area contributed by atoms with Crippen LogP contribution < -0.4 is 0 Å². The Morgan fingerprint density at radius 3 is 2.28 bits per heavy atom. The molecule has 0 saturated carbocycles. The molecule has 1 aliphatic rings. The van der Waals surface area contributed by atoms with Crippen LogP contribution in [0, 0.1) is 0 Å². The second-order valence-corrected chi connectivity index (χ2v) is 10.9. The molecular weight excluding hydrogens is 406 g/mol. The van der Waals surface area contributed by atoms with E-state index in [0.29, 0.717) is 25.3 Å². The summed E-state index contributed by atoms with van der Waals surface area (Å²) in [5.41, 5.74) is 2.04. The quantitative estimate of drug-likeness (QED) is 0.700. The van der Waals surface area contributed by atoms with Crippen LogP contribution >= 0.6 is 0 Å². The molecule has 8 heteroatoms. The van der Waals surface area contributed by atoms with Gasteiger partial charge in [0, 0.05) is 25.2 Å². The van der Waals surface area contributed by atoms with E-state index in [9.17, 15) is 9.59 Å². The second kappa shape index (κ2) is 8.37. The molecule has 0 aliphatic carbocycles. The zero-order valence-corrected chi connectivity index (χ0v) is 20.9. The van der Waals surface area contributed by atoms with Crippen molar-refractivity contribution in [3.8, 4) is 0 Å². The van der Waals surface area contributed by atoms with E-state index >= 15 is 0 Å². The molecule has 3 heterocycles. The van der Waals surface area contributed by atoms with Crippen molar-refractivity contribution in [1.82, 2.24) is 24.4 Å². The van der Waals surface area contributed by atoms with Gasteiger partial charge in [0.1, 0.15) is 11.3 Å². The molecule has 0 spiro atoms. The number of carbonyl (C=O) groups excluding carboxylic acids is 2. The van der Waals surface area contributed by atoms with Crippen LogP contribution in [0.5, 0.6) is 0 Å². The fourth-order valence-corrected chi connectivity index (χ4v) is 3.98. The number of ether oxygens (including phenoxy) is 1. The Bertz CT molecular complexity index is 1020. The zero-order valence-electron chi connectivity index (χ0n) is 20.9. The van der Waals surface area contributed by atoms with Crippen molar-refractivity contribution in [3.63, 3.8) is 0 Å². The van der Waals surface area contributed by atoms with Crippen molar-refractivity contribution in [3.05, 3.63) is 29.2 Å². The molecule has 0 unspecified atom stereocenters. The summed E-state index contributed by atoms with van der Waals surface area (Å²) in [6.45, 7) is 19.2. The van der Waals surface area contributed by atoms with E-state index in [-0.39, 0.29) is 23.8 Å². The number of amides is 2. The molecule has 0 radical (unpaired) electrons. The monoisotopic (exact) mass is 443 g/mol. The van der Waals surface area contributed by atoms with Gasteiger partial charge in [0.2, 0.25) is 0 Å². The molecule has 2 aromatic heterocycles. The molecule has 2 aromatic rings. The van der Waals surface area contributed by atoms with E-state index in [1.165, 1.54) is 0 Å². The zero-order chi connectivity index (χ0) is 24.0. The average Bonchev–Trinajstić information content (AvgIpc) is 3.08. The van der Waals surface area contributed by atoms with Gasteiger partial charge in [-0.1, -0.05) is 27.7 Å². The Kier molecular flexibility index (Phi) is 6.28. The highest BCUT2D eigenvalue weighted by Crippen LogP contribution is 2.27. The Morgan fingerprint density at radius 2 is 1.75 bits per heavy atom. The summed E-state index contributed by atoms with van der Waals surface area (Å²) in [5.74, 6) is 0.389. The maximum absolute atomic E-state index is 13.5. The summed E-state index contributed by atoms with van der Waals surface area (Å²) in [6, 6.07) is 2.09. The molecule has 8 nitrogen and oxygen atoms in total. The largest absolute Gasteiger partial charge is 0.444 e. The molecule has 3 rings (SSSR count). The number of aromatic nitrogens is 3. The summed E-state index contributed by atoms with van der Waals surface area (Å²) in [4.78, 5) is 34.2. The van der Waals surface area contributed by atoms with Crippen LogP contribution in [0.3, 0.4) is 0 Å². The lowest BCUT2D eigenvalue weighted by Gasteiger charge is -2.46. The van der Waals surface area contributed by atoms with Gasteiger partial charge in [0.25, 0.3) is 5.91 Å². The minimum Gasteiger partial charge on any atom is -0.444 e. The Hall–Kier alpha value is -2.64. The van der Waals surface area contributed by atoms with Gasteiger partial charge in [-0.15, -0.1) is 0 Å². The van der Waals surface area contributed by atoms with Gasteiger partial charge < -0.3 is 14.5 Å². The standard InChI is InChI=1S/C24H37N5O3/c1-15(2)17-12-18(16(3)4)26-29-13-19(25-20(17)29)21(30)28-11-10-27(14-24(28,8)9)22(31)32-23(5,6)7/h12-13,15-16H,10-11,14H2,1-9H3. The molecule has 0 N–H and O–H groups in total. The van der Waals surface area contributed by atoms with E-state index in [0.717, 1.165) is 16.9 Å². The number of hydrogen-bond donors (Lipinski definition) is 0. The van der Waals surface area contributed by atoms with Gasteiger partial charge in [0.15, 0.2) is 5.65 Å². The minimum absolute atomic E-state index is 0.148. The first kappa shape index (κ1) is 24.0. The van der Waals surface area contributed by atoms with Gasteiger partial charge >= 0.3 is 6.09 Å². The van der Waals surface area contributed by atoms with E-state index in [1.807, 2.05) is 34.6 Å². The number of piperazine rings is 1. The molecule has 1 aliphatic heterocycles. The van der Waals surface area contributed by atoms with Crippen molar-refractivity contribution in [2.45, 2.75) is 85.3 Å². The van der Waals surface area contributed by atoms with Gasteiger partial charge in [-0.3, -0.25) is 4.79 Å². The normalized spacial score (nSPS) is 16.8. The maximum Gasteiger partial charge on any atom is 0.410 e. The van der Waals surface area contributed by atoms with Crippen molar-refractivity contribution in [2.24, 2.45) is 0 Å². The van der Waals surface area contributed by atoms with Crippen LogP contribution in [0.1, 0.15) is 95.9 Å². The molecule has 0 aromatic carbocycles. The fraction of sp³-hybridized carbons (Fsp3) is 0.667. The SMILES string of the molecule is CC(C)c1cc(C(C)C)c2nc(C(=O)N3CCN(C(=O)OC(C)(C)C)CC3(C)C)cn2n1. The van der Waals surface area contributed by atoms with Crippen molar-refractivity contribution >= 4 is 17.6 Å². The predicted molar refractivity (Wildman–Crippen MR) is 124 cm³/mol. The van der Waals surface area contributed by atoms with Crippen molar-refractivity contribution < 1.29 is 14.3 Å². The van der Waals surface area contributed by atoms with E-state index in [1.54, 1.807) is 20.5 Å². The molecule has 0 atom stereocenters. The lowest BCUT2D eigenvalue weighted by molar-refractivity contribution is -0.0110. The first-order valence-corrected chi connectivity index (χ1v) is 11.4. The average molecular weight is 444 g/mol. The summed E-state index contributed by atoms with van der Waals surface area (Å²) >= 11 is 0. The lowest BCUT2D eigenvalue weighted by Crippen LogP contribution is -2.62. The first-order valence-electron chi connectivity index (χ1n) is 11.4. The van der Waals surface area contributed by atoms with Crippen LogP contribution in [-0.4, -0.2) is 67.2 Å². The fourth-order valence-electron chi connectivity index (χ4n) is 3.98. The number of hydrogen-bond acceptors (Lipinski definition) is 5. The van der Waals surface area contributed by atoms with E-state index in [4.69, 9.17) is 4.74 Å². The second-order valence-electron chi connectivity index (χ2n) is 10.9. The third-order valence-electron chi connectivity index (χ3n) is 5.70. The highest BCUT2D eigenvalue weighted by Gasteiger charge is 2.40. The summed E-state index contributed by atoms with van der Waals surface area (Å²) in [5, 5.41) is 4.69. The third kappa shape index (κ3) is 4.89. The molecule has 32 heavy (non-hydrogen) atoms. The highest BCUT2D eigenvalue weighted by molar-refractivity contribution is 5.93. The minimum atomic E-state index is -0.556. The molecule has 2 amide bonds. The van der Waals surface area contributed by atoms with E-state index < -0.39 is 11.1 Å². The van der Waals surface area contributed by atoms with Crippen LogP contribution in [0.15, 0.2) is 12.3 Å². The first-order chi connectivity index (χ1) is 14.7. The number of fused-ring (bicyclic) bond motifs is 1. The summed E-state index contributed by atoms with van der Waals surface area (Å²) < 4.78 is 7.25. The van der Waals surface area contributed by atoms with Gasteiger partial charge in [-0.25, -0.2) is 14.3 Å². The molecule has 1 saturated heterocycles. The molecule has 176 valence electrons. The van der Waals surface area contributed by atoms with Crippen LogP contribution in [0.2, 0.25) is 0 Å². The van der Waals surface area contributed by atoms with E-state index in [2.05, 4.69) is 43.8 Å². The number of carbonyl (C=O) groups is 2. The molecular formula is C24H37N5O3. The maximum atomic E-state index is 13.5. The number of rotatable bonds is 3. The molecule has 0 bridgehead atoms. The van der Waals surface area contributed by atoms with Gasteiger partial charge in [-0.05, 0) is 52.5 Å². The Balaban J connectivity index is 1.87. The summed E-state index contributed by atoms with van der Waals surface area (Å²) in [7, 11) is 0. The Labute approximate surface area is 190 Å². The van der Waals surface area contributed by atoms with Crippen LogP contribution in [0.4, 0.5) is 4.79 Å². The van der Waals surface area contributed by atoms with Gasteiger partial charge in [0.05, 0.1) is 17.4 Å². The number of nitrogens with zero attached hydrogens (tertiary/aromatic N) is 5.